The fourth-order valence-corrected chi connectivity index (χ4v) is 4.19. The number of urea groups is 1. The molecule has 26 heavy (non-hydrogen) atoms. The molecular weight excluding hydrogens is 338 g/mol. The van der Waals surface area contributed by atoms with Crippen molar-refractivity contribution in [1.29, 1.82) is 0 Å². The van der Waals surface area contributed by atoms with Crippen molar-refractivity contribution < 1.29 is 19.2 Å². The van der Waals surface area contributed by atoms with Crippen LogP contribution in [-0.2, 0) is 4.79 Å². The molecule has 0 radical (unpaired) electrons. The molecule has 134 valence electrons. The number of anilines is 1. The lowest BCUT2D eigenvalue weighted by molar-refractivity contribution is -0.122. The van der Waals surface area contributed by atoms with Crippen molar-refractivity contribution in [3.05, 3.63) is 29.3 Å². The Bertz CT molecular complexity index is 853. The SMILES string of the molecule is O=C1CCN(N2C(=O)c3cccc(N4CC5CC(C4)N5)c3C2=O)C(=O)N1. The van der Waals surface area contributed by atoms with Gasteiger partial charge in [0.2, 0.25) is 5.91 Å². The Morgan fingerprint density at radius 1 is 1.00 bits per heavy atom. The Morgan fingerprint density at radius 2 is 1.73 bits per heavy atom. The van der Waals surface area contributed by atoms with Gasteiger partial charge in [0.05, 0.1) is 23.4 Å². The number of imide groups is 2. The minimum Gasteiger partial charge on any atom is -0.368 e. The molecule has 6 rings (SSSR count). The minimum absolute atomic E-state index is 0.00323. The Balaban J connectivity index is 1.50. The molecule has 9 nitrogen and oxygen atoms in total. The maximum Gasteiger partial charge on any atom is 0.343 e. The lowest BCUT2D eigenvalue weighted by Gasteiger charge is -2.49. The van der Waals surface area contributed by atoms with Crippen LogP contribution in [0.25, 0.3) is 0 Å². The van der Waals surface area contributed by atoms with Crippen LogP contribution in [0.15, 0.2) is 18.2 Å². The van der Waals surface area contributed by atoms with E-state index in [-0.39, 0.29) is 13.0 Å². The predicted molar refractivity (Wildman–Crippen MR) is 89.3 cm³/mol. The predicted octanol–water partition coefficient (Wildman–Crippen LogP) is -0.310. The topological polar surface area (TPSA) is 102 Å². The number of hydrogen-bond donors (Lipinski definition) is 2. The van der Waals surface area contributed by atoms with E-state index in [1.165, 1.54) is 0 Å². The number of benzene rings is 1. The molecule has 9 heteroatoms. The molecule has 4 saturated heterocycles. The lowest BCUT2D eigenvalue weighted by atomic mass is 9.90. The molecule has 5 amide bonds. The summed E-state index contributed by atoms with van der Waals surface area (Å²) in [5.41, 5.74) is 1.36. The Kier molecular flexibility index (Phi) is 3.11. The van der Waals surface area contributed by atoms with Gasteiger partial charge in [-0.1, -0.05) is 6.07 Å². The molecule has 5 aliphatic heterocycles. The van der Waals surface area contributed by atoms with Crippen molar-refractivity contribution >= 4 is 29.4 Å². The number of nitrogens with one attached hydrogen (secondary N) is 2. The second kappa shape index (κ2) is 5.28. The van der Waals surface area contributed by atoms with E-state index in [0.717, 1.165) is 35.2 Å². The minimum atomic E-state index is -0.749. The molecule has 2 atom stereocenters. The maximum atomic E-state index is 13.0. The first-order chi connectivity index (χ1) is 12.5. The summed E-state index contributed by atoms with van der Waals surface area (Å²) >= 11 is 0. The smallest absolute Gasteiger partial charge is 0.343 e. The zero-order valence-electron chi connectivity index (χ0n) is 13.9. The summed E-state index contributed by atoms with van der Waals surface area (Å²) in [4.78, 5) is 51.4. The number of piperazine rings is 1. The van der Waals surface area contributed by atoms with Crippen molar-refractivity contribution in [3.8, 4) is 0 Å². The average Bonchev–Trinajstić information content (AvgIpc) is 2.86. The van der Waals surface area contributed by atoms with E-state index in [1.807, 2.05) is 6.07 Å². The third-order valence-corrected chi connectivity index (χ3v) is 5.41. The van der Waals surface area contributed by atoms with Gasteiger partial charge in [-0.3, -0.25) is 19.7 Å². The largest absolute Gasteiger partial charge is 0.368 e. The van der Waals surface area contributed by atoms with Crippen LogP contribution in [0, 0.1) is 0 Å². The Morgan fingerprint density at radius 3 is 2.42 bits per heavy atom. The fourth-order valence-electron chi connectivity index (χ4n) is 4.19. The molecule has 5 aliphatic rings. The number of hydrogen-bond acceptors (Lipinski definition) is 6. The molecule has 0 aliphatic carbocycles. The van der Waals surface area contributed by atoms with E-state index in [0.29, 0.717) is 23.2 Å². The van der Waals surface area contributed by atoms with Gasteiger partial charge in [0.25, 0.3) is 11.8 Å². The Labute approximate surface area is 148 Å². The highest BCUT2D eigenvalue weighted by atomic mass is 16.2. The van der Waals surface area contributed by atoms with Crippen LogP contribution in [-0.4, -0.2) is 65.5 Å². The summed E-state index contributed by atoms with van der Waals surface area (Å²) in [5, 5.41) is 7.47. The third-order valence-electron chi connectivity index (χ3n) is 5.41. The molecule has 2 unspecified atom stereocenters. The van der Waals surface area contributed by atoms with Gasteiger partial charge < -0.3 is 10.2 Å². The molecule has 4 fully saturated rings. The highest BCUT2D eigenvalue weighted by Gasteiger charge is 2.46. The van der Waals surface area contributed by atoms with E-state index in [9.17, 15) is 19.2 Å². The highest BCUT2D eigenvalue weighted by Crippen LogP contribution is 2.35. The average molecular weight is 355 g/mol. The molecule has 5 heterocycles. The normalized spacial score (nSPS) is 27.5. The molecular formula is C17H17N5O4. The number of carbonyl (C=O) groups excluding carboxylic acids is 4. The summed E-state index contributed by atoms with van der Waals surface area (Å²) in [5.74, 6) is -1.46. The molecule has 1 aromatic rings. The van der Waals surface area contributed by atoms with Gasteiger partial charge in [-0.15, -0.1) is 0 Å². The van der Waals surface area contributed by atoms with Gasteiger partial charge in [-0.05, 0) is 18.6 Å². The zero-order valence-corrected chi connectivity index (χ0v) is 13.9. The Hall–Kier alpha value is -2.94. The first-order valence-electron chi connectivity index (χ1n) is 8.67. The third kappa shape index (κ3) is 2.07. The molecule has 1 aromatic carbocycles. The van der Waals surface area contributed by atoms with Gasteiger partial charge in [-0.2, -0.15) is 5.01 Å². The summed E-state index contributed by atoms with van der Waals surface area (Å²) in [6.07, 6.45) is 1.18. The quantitative estimate of drug-likeness (QED) is 0.706. The van der Waals surface area contributed by atoms with Gasteiger partial charge >= 0.3 is 6.03 Å². The maximum absolute atomic E-state index is 13.0. The van der Waals surface area contributed by atoms with Crippen molar-refractivity contribution in [2.75, 3.05) is 24.5 Å². The van der Waals surface area contributed by atoms with Gasteiger partial charge in [0, 0.05) is 31.6 Å². The van der Waals surface area contributed by atoms with E-state index >= 15 is 0 Å². The van der Waals surface area contributed by atoms with Crippen molar-refractivity contribution in [2.24, 2.45) is 0 Å². The van der Waals surface area contributed by atoms with Crippen LogP contribution in [0.5, 0.6) is 0 Å². The van der Waals surface area contributed by atoms with E-state index in [2.05, 4.69) is 15.5 Å². The summed E-state index contributed by atoms with van der Waals surface area (Å²) in [6, 6.07) is 5.28. The summed E-state index contributed by atoms with van der Waals surface area (Å²) in [6.45, 7) is 1.57. The molecule has 2 N–H and O–H groups in total. The number of hydrazine groups is 1. The first kappa shape index (κ1) is 15.3. The summed E-state index contributed by atoms with van der Waals surface area (Å²) < 4.78 is 0. The number of fused-ring (bicyclic) bond motifs is 3. The van der Waals surface area contributed by atoms with Gasteiger partial charge in [0.15, 0.2) is 0 Å². The van der Waals surface area contributed by atoms with Gasteiger partial charge in [-0.25, -0.2) is 9.80 Å². The molecule has 0 spiro atoms. The van der Waals surface area contributed by atoms with Crippen LogP contribution in [0.1, 0.15) is 33.6 Å². The number of carbonyl (C=O) groups is 4. The molecule has 2 bridgehead atoms. The van der Waals surface area contributed by atoms with E-state index in [4.69, 9.17) is 0 Å². The second-order valence-corrected chi connectivity index (χ2v) is 7.05. The van der Waals surface area contributed by atoms with E-state index < -0.39 is 23.8 Å². The lowest BCUT2D eigenvalue weighted by Crippen LogP contribution is -2.67. The number of amides is 5. The van der Waals surface area contributed by atoms with Crippen LogP contribution in [0.3, 0.4) is 0 Å². The van der Waals surface area contributed by atoms with Crippen LogP contribution < -0.4 is 15.5 Å². The van der Waals surface area contributed by atoms with Crippen molar-refractivity contribution in [3.63, 3.8) is 0 Å². The van der Waals surface area contributed by atoms with Crippen molar-refractivity contribution in [2.45, 2.75) is 24.9 Å². The number of piperidine rings is 1. The fraction of sp³-hybridized carbons (Fsp3) is 0.412. The van der Waals surface area contributed by atoms with E-state index in [1.54, 1.807) is 12.1 Å². The second-order valence-electron chi connectivity index (χ2n) is 7.05. The van der Waals surface area contributed by atoms with Crippen molar-refractivity contribution in [1.82, 2.24) is 20.7 Å². The van der Waals surface area contributed by atoms with Crippen LogP contribution in [0.4, 0.5) is 10.5 Å². The zero-order chi connectivity index (χ0) is 18.0. The molecule has 0 aromatic heterocycles. The monoisotopic (exact) mass is 355 g/mol. The van der Waals surface area contributed by atoms with Crippen LogP contribution in [0.2, 0.25) is 0 Å². The standard InChI is InChI=1S/C17H17N5O4/c23-13-4-5-21(17(26)19-13)22-15(24)11-2-1-3-12(14(11)16(22)25)20-7-9-6-10(8-20)18-9/h1-3,9-10,18H,4-8H2,(H,19,23,26). The summed E-state index contributed by atoms with van der Waals surface area (Å²) in [7, 11) is 0. The first-order valence-corrected chi connectivity index (χ1v) is 8.67. The number of nitrogens with zero attached hydrogens (tertiary/aromatic N) is 3. The molecule has 0 saturated carbocycles. The van der Waals surface area contributed by atoms with Gasteiger partial charge in [0.1, 0.15) is 0 Å². The van der Waals surface area contributed by atoms with Crippen LogP contribution >= 0.6 is 0 Å². The number of rotatable bonds is 2. The highest BCUT2D eigenvalue weighted by molar-refractivity contribution is 6.24.